The van der Waals surface area contributed by atoms with Crippen molar-refractivity contribution in [3.8, 4) is 11.8 Å². The summed E-state index contributed by atoms with van der Waals surface area (Å²) >= 11 is 6.00. The molecule has 0 bridgehead atoms. The summed E-state index contributed by atoms with van der Waals surface area (Å²) < 4.78 is 5.94. The van der Waals surface area contributed by atoms with Gasteiger partial charge in [0.15, 0.2) is 0 Å². The molecule has 0 aliphatic heterocycles. The Balaban J connectivity index is 2.20. The zero-order chi connectivity index (χ0) is 13.7. The van der Waals surface area contributed by atoms with E-state index in [1.54, 1.807) is 18.2 Å². The molecule has 1 unspecified atom stereocenters. The standard InChI is InChI=1S/C16H14ClNO/c1-2-16(12-6-4-3-5-7-12)19-14-9-8-13(11-18)15(17)10-14/h3-10,16H,2H2,1H3. The summed E-state index contributed by atoms with van der Waals surface area (Å²) in [6.45, 7) is 2.07. The summed E-state index contributed by atoms with van der Waals surface area (Å²) in [6, 6.07) is 17.2. The second-order valence-electron chi connectivity index (χ2n) is 4.18. The van der Waals surface area contributed by atoms with Crippen LogP contribution < -0.4 is 4.74 Å². The molecule has 0 aliphatic carbocycles. The van der Waals surface area contributed by atoms with Crippen LogP contribution in [0.4, 0.5) is 0 Å². The number of nitrogens with zero attached hydrogens (tertiary/aromatic N) is 1. The molecule has 2 aromatic rings. The lowest BCUT2D eigenvalue weighted by atomic mass is 10.1. The molecule has 2 aromatic carbocycles. The average Bonchev–Trinajstić information content (AvgIpc) is 2.46. The molecule has 0 fully saturated rings. The van der Waals surface area contributed by atoms with E-state index in [1.165, 1.54) is 0 Å². The molecule has 2 rings (SSSR count). The molecule has 2 nitrogen and oxygen atoms in total. The molecular formula is C16H14ClNO. The molecule has 0 aromatic heterocycles. The molecule has 0 saturated heterocycles. The fraction of sp³-hybridized carbons (Fsp3) is 0.188. The van der Waals surface area contributed by atoms with E-state index in [1.807, 2.05) is 36.4 Å². The Morgan fingerprint density at radius 3 is 2.53 bits per heavy atom. The maximum Gasteiger partial charge on any atom is 0.123 e. The topological polar surface area (TPSA) is 33.0 Å². The van der Waals surface area contributed by atoms with Gasteiger partial charge in [-0.05, 0) is 24.1 Å². The molecule has 96 valence electrons. The lowest BCUT2D eigenvalue weighted by Crippen LogP contribution is -2.06. The predicted octanol–water partition coefficient (Wildman–Crippen LogP) is 4.74. The van der Waals surface area contributed by atoms with Gasteiger partial charge in [-0.15, -0.1) is 0 Å². The first kappa shape index (κ1) is 13.5. The Morgan fingerprint density at radius 2 is 1.95 bits per heavy atom. The highest BCUT2D eigenvalue weighted by atomic mass is 35.5. The van der Waals surface area contributed by atoms with E-state index in [4.69, 9.17) is 21.6 Å². The minimum absolute atomic E-state index is 0.00907. The van der Waals surface area contributed by atoms with Crippen LogP contribution in [0.1, 0.15) is 30.6 Å². The third kappa shape index (κ3) is 3.27. The highest BCUT2D eigenvalue weighted by Gasteiger charge is 2.11. The molecule has 0 radical (unpaired) electrons. The van der Waals surface area contributed by atoms with Gasteiger partial charge in [-0.1, -0.05) is 48.9 Å². The van der Waals surface area contributed by atoms with Crippen LogP contribution in [0, 0.1) is 11.3 Å². The van der Waals surface area contributed by atoms with Gasteiger partial charge in [-0.2, -0.15) is 5.26 Å². The van der Waals surface area contributed by atoms with E-state index in [0.717, 1.165) is 12.0 Å². The maximum absolute atomic E-state index is 8.84. The molecule has 0 amide bonds. The molecule has 3 heteroatoms. The van der Waals surface area contributed by atoms with Crippen molar-refractivity contribution in [2.24, 2.45) is 0 Å². The molecule has 0 saturated carbocycles. The van der Waals surface area contributed by atoms with Gasteiger partial charge >= 0.3 is 0 Å². The fourth-order valence-electron chi connectivity index (χ4n) is 1.88. The number of rotatable bonds is 4. The van der Waals surface area contributed by atoms with Crippen LogP contribution in [0.25, 0.3) is 0 Å². The van der Waals surface area contributed by atoms with Crippen molar-refractivity contribution in [1.29, 1.82) is 5.26 Å². The van der Waals surface area contributed by atoms with Gasteiger partial charge in [0.25, 0.3) is 0 Å². The molecule has 1 atom stereocenters. The quantitative estimate of drug-likeness (QED) is 0.804. The van der Waals surface area contributed by atoms with Gasteiger partial charge in [-0.25, -0.2) is 0 Å². The van der Waals surface area contributed by atoms with E-state index in [9.17, 15) is 0 Å². The molecule has 0 N–H and O–H groups in total. The van der Waals surface area contributed by atoms with Crippen LogP contribution >= 0.6 is 11.6 Å². The van der Waals surface area contributed by atoms with E-state index < -0.39 is 0 Å². The van der Waals surface area contributed by atoms with E-state index in [-0.39, 0.29) is 6.10 Å². The van der Waals surface area contributed by atoms with Gasteiger partial charge in [0.05, 0.1) is 10.6 Å². The van der Waals surface area contributed by atoms with Crippen LogP contribution in [0.5, 0.6) is 5.75 Å². The third-order valence-electron chi connectivity index (χ3n) is 2.88. The van der Waals surface area contributed by atoms with Gasteiger partial charge in [0, 0.05) is 6.07 Å². The van der Waals surface area contributed by atoms with Crippen molar-refractivity contribution in [2.75, 3.05) is 0 Å². The third-order valence-corrected chi connectivity index (χ3v) is 3.19. The Morgan fingerprint density at radius 1 is 1.21 bits per heavy atom. The first-order chi connectivity index (χ1) is 9.24. The van der Waals surface area contributed by atoms with Crippen molar-refractivity contribution >= 4 is 11.6 Å². The van der Waals surface area contributed by atoms with Gasteiger partial charge in [0.2, 0.25) is 0 Å². The van der Waals surface area contributed by atoms with E-state index in [0.29, 0.717) is 16.3 Å². The summed E-state index contributed by atoms with van der Waals surface area (Å²) in [5, 5.41) is 9.26. The van der Waals surface area contributed by atoms with Crippen molar-refractivity contribution in [3.05, 3.63) is 64.7 Å². The minimum atomic E-state index is -0.00907. The molecular weight excluding hydrogens is 258 g/mol. The van der Waals surface area contributed by atoms with Crippen LogP contribution in [0.2, 0.25) is 5.02 Å². The Bertz CT molecular complexity index is 589. The molecule has 0 spiro atoms. The molecule has 19 heavy (non-hydrogen) atoms. The van der Waals surface area contributed by atoms with Crippen molar-refractivity contribution in [2.45, 2.75) is 19.4 Å². The lowest BCUT2D eigenvalue weighted by molar-refractivity contribution is 0.201. The van der Waals surface area contributed by atoms with Crippen LogP contribution in [-0.2, 0) is 0 Å². The largest absolute Gasteiger partial charge is 0.486 e. The lowest BCUT2D eigenvalue weighted by Gasteiger charge is -2.18. The van der Waals surface area contributed by atoms with Gasteiger partial charge in [0.1, 0.15) is 17.9 Å². The normalized spacial score (nSPS) is 11.6. The van der Waals surface area contributed by atoms with Crippen molar-refractivity contribution in [1.82, 2.24) is 0 Å². The number of hydrogen-bond donors (Lipinski definition) is 0. The smallest absolute Gasteiger partial charge is 0.123 e. The zero-order valence-electron chi connectivity index (χ0n) is 10.6. The Hall–Kier alpha value is -1.98. The SMILES string of the molecule is CCC(Oc1ccc(C#N)c(Cl)c1)c1ccccc1. The first-order valence-electron chi connectivity index (χ1n) is 6.16. The van der Waals surface area contributed by atoms with Crippen LogP contribution in [0.3, 0.4) is 0 Å². The highest BCUT2D eigenvalue weighted by Crippen LogP contribution is 2.28. The number of benzene rings is 2. The number of nitriles is 1. The minimum Gasteiger partial charge on any atom is -0.486 e. The van der Waals surface area contributed by atoms with E-state index >= 15 is 0 Å². The Kier molecular flexibility index (Phi) is 4.43. The number of hydrogen-bond acceptors (Lipinski definition) is 2. The zero-order valence-corrected chi connectivity index (χ0v) is 11.4. The number of ether oxygens (including phenoxy) is 1. The second-order valence-corrected chi connectivity index (χ2v) is 4.59. The number of halogens is 1. The van der Waals surface area contributed by atoms with Gasteiger partial charge in [-0.3, -0.25) is 0 Å². The Labute approximate surface area is 118 Å². The fourth-order valence-corrected chi connectivity index (χ4v) is 2.09. The van der Waals surface area contributed by atoms with Gasteiger partial charge < -0.3 is 4.74 Å². The summed E-state index contributed by atoms with van der Waals surface area (Å²) in [6.07, 6.45) is 0.854. The summed E-state index contributed by atoms with van der Waals surface area (Å²) in [4.78, 5) is 0. The summed E-state index contributed by atoms with van der Waals surface area (Å²) in [5.41, 5.74) is 1.59. The van der Waals surface area contributed by atoms with Crippen molar-refractivity contribution < 1.29 is 4.74 Å². The average molecular weight is 272 g/mol. The van der Waals surface area contributed by atoms with Crippen molar-refractivity contribution in [3.63, 3.8) is 0 Å². The first-order valence-corrected chi connectivity index (χ1v) is 6.53. The predicted molar refractivity (Wildman–Crippen MR) is 76.3 cm³/mol. The summed E-state index contributed by atoms with van der Waals surface area (Å²) in [7, 11) is 0. The molecule has 0 heterocycles. The van der Waals surface area contributed by atoms with Crippen LogP contribution in [-0.4, -0.2) is 0 Å². The monoisotopic (exact) mass is 271 g/mol. The van der Waals surface area contributed by atoms with Crippen LogP contribution in [0.15, 0.2) is 48.5 Å². The molecule has 0 aliphatic rings. The highest BCUT2D eigenvalue weighted by molar-refractivity contribution is 6.31. The van der Waals surface area contributed by atoms with E-state index in [2.05, 4.69) is 6.92 Å². The maximum atomic E-state index is 8.84. The second kappa shape index (κ2) is 6.26. The summed E-state index contributed by atoms with van der Waals surface area (Å²) in [5.74, 6) is 0.680.